The second-order valence-electron chi connectivity index (χ2n) is 7.77. The van der Waals surface area contributed by atoms with Gasteiger partial charge in [-0.2, -0.15) is 13.2 Å². The molecule has 1 aromatic carbocycles. The summed E-state index contributed by atoms with van der Waals surface area (Å²) < 4.78 is 43.7. The predicted octanol–water partition coefficient (Wildman–Crippen LogP) is 5.10. The van der Waals surface area contributed by atoms with Crippen LogP contribution in [-0.2, 0) is 19.0 Å². The van der Waals surface area contributed by atoms with E-state index in [0.717, 1.165) is 24.1 Å². The molecular weight excluding hydrogens is 345 g/mol. The third kappa shape index (κ3) is 3.76. The smallest absolute Gasteiger partial charge is 0.360 e. The number of nitrogens with zero attached hydrogens (tertiary/aromatic N) is 1. The fraction of sp³-hybridized carbons (Fsp3) is 0.474. The maximum absolute atomic E-state index is 12.8. The molecule has 1 heterocycles. The molecule has 0 spiro atoms. The number of aryl methyl sites for hydroxylation is 1. The van der Waals surface area contributed by atoms with Crippen LogP contribution in [0.3, 0.4) is 0 Å². The van der Waals surface area contributed by atoms with Crippen LogP contribution in [0.5, 0.6) is 0 Å². The van der Waals surface area contributed by atoms with E-state index in [1.54, 1.807) is 0 Å². The number of hydrogen-bond donors (Lipinski definition) is 1. The van der Waals surface area contributed by atoms with E-state index in [-0.39, 0.29) is 16.8 Å². The van der Waals surface area contributed by atoms with Gasteiger partial charge in [0, 0.05) is 17.7 Å². The Morgan fingerprint density at radius 3 is 2.65 bits per heavy atom. The molecule has 4 nitrogen and oxygen atoms in total. The highest BCUT2D eigenvalue weighted by Gasteiger charge is 2.34. The van der Waals surface area contributed by atoms with Gasteiger partial charge in [0.25, 0.3) is 5.91 Å². The van der Waals surface area contributed by atoms with Crippen molar-refractivity contribution in [3.63, 3.8) is 0 Å². The number of amides is 1. The van der Waals surface area contributed by atoms with Crippen molar-refractivity contribution in [2.75, 3.05) is 5.32 Å². The van der Waals surface area contributed by atoms with Crippen LogP contribution in [-0.4, -0.2) is 11.1 Å². The first kappa shape index (κ1) is 18.5. The van der Waals surface area contributed by atoms with E-state index in [1.165, 1.54) is 12.1 Å². The predicted molar refractivity (Wildman–Crippen MR) is 90.9 cm³/mol. The molecule has 0 saturated carbocycles. The molecular formula is C19H21F3N2O2. The van der Waals surface area contributed by atoms with Crippen molar-refractivity contribution in [3.05, 3.63) is 46.8 Å². The van der Waals surface area contributed by atoms with E-state index in [1.807, 2.05) is 0 Å². The van der Waals surface area contributed by atoms with E-state index in [2.05, 4.69) is 31.2 Å². The van der Waals surface area contributed by atoms with E-state index in [0.29, 0.717) is 24.5 Å². The lowest BCUT2D eigenvalue weighted by molar-refractivity contribution is -0.137. The molecule has 3 rings (SSSR count). The number of rotatable bonds is 2. The maximum atomic E-state index is 12.8. The molecule has 1 aromatic heterocycles. The summed E-state index contributed by atoms with van der Waals surface area (Å²) in [4.78, 5) is 12.5. The highest BCUT2D eigenvalue weighted by Crippen LogP contribution is 2.38. The van der Waals surface area contributed by atoms with E-state index in [9.17, 15) is 18.0 Å². The Labute approximate surface area is 149 Å². The molecule has 1 amide bonds. The third-order valence-electron chi connectivity index (χ3n) is 4.93. The molecule has 1 N–H and O–H groups in total. The number of benzene rings is 1. The molecule has 7 heteroatoms. The van der Waals surface area contributed by atoms with Gasteiger partial charge < -0.3 is 9.84 Å². The van der Waals surface area contributed by atoms with Crippen molar-refractivity contribution in [2.45, 2.75) is 46.2 Å². The van der Waals surface area contributed by atoms with Crippen LogP contribution in [0, 0.1) is 11.3 Å². The van der Waals surface area contributed by atoms with Gasteiger partial charge in [0.15, 0.2) is 5.69 Å². The summed E-state index contributed by atoms with van der Waals surface area (Å²) in [6.45, 7) is 6.45. The SMILES string of the molecule is CC(C)(C)[C@H]1CCc2onc(C(=O)Nc3cccc(C(F)(F)F)c3)c2C1. The lowest BCUT2D eigenvalue weighted by Crippen LogP contribution is -2.27. The van der Waals surface area contributed by atoms with Gasteiger partial charge in [-0.25, -0.2) is 0 Å². The molecule has 140 valence electrons. The van der Waals surface area contributed by atoms with Gasteiger partial charge in [-0.1, -0.05) is 32.0 Å². The van der Waals surface area contributed by atoms with Crippen LogP contribution in [0.2, 0.25) is 0 Å². The van der Waals surface area contributed by atoms with Crippen LogP contribution < -0.4 is 5.32 Å². The summed E-state index contributed by atoms with van der Waals surface area (Å²) in [7, 11) is 0. The average molecular weight is 366 g/mol. The third-order valence-corrected chi connectivity index (χ3v) is 4.93. The minimum absolute atomic E-state index is 0.0738. The second kappa shape index (κ2) is 6.45. The van der Waals surface area contributed by atoms with Crippen molar-refractivity contribution in [2.24, 2.45) is 11.3 Å². The Balaban J connectivity index is 1.82. The fourth-order valence-electron chi connectivity index (χ4n) is 3.29. The molecule has 1 aliphatic carbocycles. The fourth-order valence-corrected chi connectivity index (χ4v) is 3.29. The van der Waals surface area contributed by atoms with Crippen molar-refractivity contribution < 1.29 is 22.5 Å². The molecule has 0 radical (unpaired) electrons. The zero-order valence-corrected chi connectivity index (χ0v) is 14.9. The number of anilines is 1. The van der Waals surface area contributed by atoms with Gasteiger partial charge in [-0.3, -0.25) is 4.79 Å². The summed E-state index contributed by atoms with van der Waals surface area (Å²) in [6.07, 6.45) is -2.12. The van der Waals surface area contributed by atoms with E-state index >= 15 is 0 Å². The Morgan fingerprint density at radius 2 is 2.00 bits per heavy atom. The van der Waals surface area contributed by atoms with Gasteiger partial charge in [-0.15, -0.1) is 0 Å². The first-order valence-corrected chi connectivity index (χ1v) is 8.52. The van der Waals surface area contributed by atoms with Crippen molar-refractivity contribution >= 4 is 11.6 Å². The minimum atomic E-state index is -4.46. The van der Waals surface area contributed by atoms with Crippen LogP contribution in [0.15, 0.2) is 28.8 Å². The average Bonchev–Trinajstić information content (AvgIpc) is 2.96. The highest BCUT2D eigenvalue weighted by molar-refractivity contribution is 6.04. The molecule has 0 bridgehead atoms. The van der Waals surface area contributed by atoms with Crippen LogP contribution in [0.4, 0.5) is 18.9 Å². The van der Waals surface area contributed by atoms with Crippen LogP contribution in [0.1, 0.15) is 54.6 Å². The number of halogens is 3. The van der Waals surface area contributed by atoms with Crippen LogP contribution >= 0.6 is 0 Å². The maximum Gasteiger partial charge on any atom is 0.416 e. The van der Waals surface area contributed by atoms with E-state index < -0.39 is 17.6 Å². The summed E-state index contributed by atoms with van der Waals surface area (Å²) in [5.74, 6) is 0.526. The lowest BCUT2D eigenvalue weighted by Gasteiger charge is -2.33. The molecule has 0 aliphatic heterocycles. The highest BCUT2D eigenvalue weighted by atomic mass is 19.4. The standard InChI is InChI=1S/C19H21F3N2O2/c1-18(2,3)11-7-8-15-14(10-11)16(24-26-15)17(25)23-13-6-4-5-12(9-13)19(20,21)22/h4-6,9,11H,7-8,10H2,1-3H3,(H,23,25)/t11-/m0/s1. The number of carbonyl (C=O) groups is 1. The van der Waals surface area contributed by atoms with Gasteiger partial charge in [0.2, 0.25) is 0 Å². The topological polar surface area (TPSA) is 55.1 Å². The molecule has 0 saturated heterocycles. The van der Waals surface area contributed by atoms with Crippen LogP contribution in [0.25, 0.3) is 0 Å². The largest absolute Gasteiger partial charge is 0.416 e. The second-order valence-corrected chi connectivity index (χ2v) is 7.77. The zero-order chi connectivity index (χ0) is 19.1. The summed E-state index contributed by atoms with van der Waals surface area (Å²) in [6, 6.07) is 4.54. The Hall–Kier alpha value is -2.31. The Kier molecular flexibility index (Phi) is 4.58. The molecule has 2 aromatic rings. The molecule has 26 heavy (non-hydrogen) atoms. The molecule has 0 unspecified atom stereocenters. The summed E-state index contributed by atoms with van der Waals surface area (Å²) >= 11 is 0. The quantitative estimate of drug-likeness (QED) is 0.805. The molecule has 1 atom stereocenters. The summed E-state index contributed by atoms with van der Waals surface area (Å²) in [5, 5.41) is 6.37. The number of aromatic nitrogens is 1. The number of fused-ring (bicyclic) bond motifs is 1. The molecule has 0 fully saturated rings. The normalized spacial score (nSPS) is 17.7. The zero-order valence-electron chi connectivity index (χ0n) is 14.9. The van der Waals surface area contributed by atoms with Gasteiger partial charge in [0.1, 0.15) is 5.76 Å². The number of carbonyl (C=O) groups excluding carboxylic acids is 1. The van der Waals surface area contributed by atoms with Crippen molar-refractivity contribution in [3.8, 4) is 0 Å². The number of nitrogens with one attached hydrogen (secondary N) is 1. The Morgan fingerprint density at radius 1 is 1.27 bits per heavy atom. The number of alkyl halides is 3. The first-order chi connectivity index (χ1) is 12.1. The van der Waals surface area contributed by atoms with Crippen molar-refractivity contribution in [1.29, 1.82) is 0 Å². The van der Waals surface area contributed by atoms with Gasteiger partial charge in [0.05, 0.1) is 5.56 Å². The Bertz CT molecular complexity index is 819. The minimum Gasteiger partial charge on any atom is -0.360 e. The lowest BCUT2D eigenvalue weighted by atomic mass is 9.71. The molecule has 1 aliphatic rings. The van der Waals surface area contributed by atoms with Gasteiger partial charge >= 0.3 is 6.18 Å². The van der Waals surface area contributed by atoms with Crippen molar-refractivity contribution in [1.82, 2.24) is 5.16 Å². The number of hydrogen-bond acceptors (Lipinski definition) is 3. The summed E-state index contributed by atoms with van der Waals surface area (Å²) in [5.41, 5.74) is 0.270. The monoisotopic (exact) mass is 366 g/mol. The van der Waals surface area contributed by atoms with Gasteiger partial charge in [-0.05, 0) is 42.4 Å². The first-order valence-electron chi connectivity index (χ1n) is 8.52. The van der Waals surface area contributed by atoms with E-state index in [4.69, 9.17) is 4.52 Å².